The molecule has 3 aromatic rings. The number of nitriles is 1. The van der Waals surface area contributed by atoms with Crippen molar-refractivity contribution in [3.8, 4) is 6.07 Å². The number of benzene rings is 1. The monoisotopic (exact) mass is 419 g/mol. The lowest BCUT2D eigenvalue weighted by Crippen LogP contribution is -2.29. The lowest BCUT2D eigenvalue weighted by atomic mass is 10.0. The molecule has 1 N–H and O–H groups in total. The molecule has 0 atom stereocenters. The quantitative estimate of drug-likeness (QED) is 0.660. The van der Waals surface area contributed by atoms with Gasteiger partial charge in [-0.25, -0.2) is 0 Å². The largest absolute Gasteiger partial charge is 0.311 e. The summed E-state index contributed by atoms with van der Waals surface area (Å²) in [5, 5.41) is 17.8. The van der Waals surface area contributed by atoms with Crippen molar-refractivity contribution in [3.63, 3.8) is 0 Å². The average Bonchev–Trinajstić information content (AvgIpc) is 3.28. The molecule has 1 aliphatic rings. The van der Waals surface area contributed by atoms with Crippen molar-refractivity contribution in [2.75, 3.05) is 11.9 Å². The fourth-order valence-corrected chi connectivity index (χ4v) is 5.12. The van der Waals surface area contributed by atoms with E-state index in [0.717, 1.165) is 42.2 Å². The van der Waals surface area contributed by atoms with Crippen molar-refractivity contribution in [3.05, 3.63) is 69.4 Å². The van der Waals surface area contributed by atoms with E-state index in [2.05, 4.69) is 45.7 Å². The van der Waals surface area contributed by atoms with E-state index in [1.807, 2.05) is 26.8 Å². The molecule has 30 heavy (non-hydrogen) atoms. The SMILES string of the molecule is Cc1cc(C(=O)Nc2sc3c(c2C#N)CCN(Cc2ccccc2)C3)n(C(C)C)n1. The van der Waals surface area contributed by atoms with E-state index >= 15 is 0 Å². The Balaban J connectivity index is 1.55. The van der Waals surface area contributed by atoms with Crippen LogP contribution in [0.25, 0.3) is 0 Å². The van der Waals surface area contributed by atoms with Crippen molar-refractivity contribution in [1.82, 2.24) is 14.7 Å². The minimum Gasteiger partial charge on any atom is -0.311 e. The average molecular weight is 420 g/mol. The van der Waals surface area contributed by atoms with Gasteiger partial charge in [-0.05, 0) is 44.4 Å². The van der Waals surface area contributed by atoms with Crippen LogP contribution in [-0.2, 0) is 19.5 Å². The number of anilines is 1. The second kappa shape index (κ2) is 8.42. The summed E-state index contributed by atoms with van der Waals surface area (Å²) >= 11 is 1.52. The highest BCUT2D eigenvalue weighted by Crippen LogP contribution is 2.37. The van der Waals surface area contributed by atoms with Gasteiger partial charge in [0.25, 0.3) is 5.91 Å². The Morgan fingerprint density at radius 3 is 2.80 bits per heavy atom. The van der Waals surface area contributed by atoms with Gasteiger partial charge in [-0.15, -0.1) is 11.3 Å². The van der Waals surface area contributed by atoms with Gasteiger partial charge in [0.05, 0.1) is 11.3 Å². The summed E-state index contributed by atoms with van der Waals surface area (Å²) in [4.78, 5) is 16.5. The van der Waals surface area contributed by atoms with Gasteiger partial charge in [-0.1, -0.05) is 30.3 Å². The highest BCUT2D eigenvalue weighted by Gasteiger charge is 2.26. The number of thiophene rings is 1. The summed E-state index contributed by atoms with van der Waals surface area (Å²) < 4.78 is 1.73. The lowest BCUT2D eigenvalue weighted by Gasteiger charge is -2.26. The van der Waals surface area contributed by atoms with Gasteiger partial charge in [0, 0.05) is 30.6 Å². The Kier molecular flexibility index (Phi) is 5.71. The predicted octanol–water partition coefficient (Wildman–Crippen LogP) is 4.52. The third-order valence-electron chi connectivity index (χ3n) is 5.30. The van der Waals surface area contributed by atoms with Crippen LogP contribution in [0.4, 0.5) is 5.00 Å². The minimum absolute atomic E-state index is 0.0815. The van der Waals surface area contributed by atoms with Crippen molar-refractivity contribution in [2.45, 2.75) is 46.3 Å². The normalized spacial score (nSPS) is 13.8. The van der Waals surface area contributed by atoms with Gasteiger partial charge in [0.2, 0.25) is 0 Å². The number of hydrogen-bond acceptors (Lipinski definition) is 5. The fraction of sp³-hybridized carbons (Fsp3) is 0.348. The molecule has 0 saturated carbocycles. The highest BCUT2D eigenvalue weighted by atomic mass is 32.1. The van der Waals surface area contributed by atoms with Gasteiger partial charge in [0.1, 0.15) is 16.8 Å². The molecule has 3 heterocycles. The number of aromatic nitrogens is 2. The smallest absolute Gasteiger partial charge is 0.274 e. The minimum atomic E-state index is -0.222. The predicted molar refractivity (Wildman–Crippen MR) is 119 cm³/mol. The highest BCUT2D eigenvalue weighted by molar-refractivity contribution is 7.16. The molecule has 6 nitrogen and oxygen atoms in total. The van der Waals surface area contributed by atoms with Crippen LogP contribution in [0.3, 0.4) is 0 Å². The second-order valence-corrected chi connectivity index (χ2v) is 9.03. The summed E-state index contributed by atoms with van der Waals surface area (Å²) in [5.41, 5.74) is 4.29. The molecule has 0 aliphatic carbocycles. The molecule has 0 saturated heterocycles. The molecule has 154 valence electrons. The first-order valence-electron chi connectivity index (χ1n) is 10.1. The molecule has 0 spiro atoms. The Hall–Kier alpha value is -2.95. The molecule has 0 radical (unpaired) electrons. The second-order valence-electron chi connectivity index (χ2n) is 7.93. The maximum atomic E-state index is 13.0. The zero-order valence-electron chi connectivity index (χ0n) is 17.5. The molecule has 4 rings (SSSR count). The van der Waals surface area contributed by atoms with Gasteiger partial charge in [0.15, 0.2) is 0 Å². The molecule has 1 aliphatic heterocycles. The Labute approximate surface area is 180 Å². The van der Waals surface area contributed by atoms with E-state index in [1.165, 1.54) is 16.9 Å². The molecule has 0 fully saturated rings. The summed E-state index contributed by atoms with van der Waals surface area (Å²) in [5.74, 6) is -0.222. The number of carbonyl (C=O) groups is 1. The Bertz CT molecular complexity index is 1110. The first-order chi connectivity index (χ1) is 14.5. The summed E-state index contributed by atoms with van der Waals surface area (Å²) in [7, 11) is 0. The van der Waals surface area contributed by atoms with Crippen LogP contribution in [0.1, 0.15) is 57.6 Å². The van der Waals surface area contributed by atoms with Gasteiger partial charge in [-0.3, -0.25) is 14.4 Å². The molecular weight excluding hydrogens is 394 g/mol. The van der Waals surface area contributed by atoms with E-state index in [9.17, 15) is 10.1 Å². The molecule has 1 amide bonds. The van der Waals surface area contributed by atoms with Crippen LogP contribution in [0.5, 0.6) is 0 Å². The Morgan fingerprint density at radius 1 is 1.33 bits per heavy atom. The van der Waals surface area contributed by atoms with Crippen LogP contribution in [-0.4, -0.2) is 27.1 Å². The van der Waals surface area contributed by atoms with Crippen LogP contribution < -0.4 is 5.32 Å². The van der Waals surface area contributed by atoms with E-state index in [0.29, 0.717) is 16.3 Å². The van der Waals surface area contributed by atoms with Crippen molar-refractivity contribution >= 4 is 22.2 Å². The Morgan fingerprint density at radius 2 is 2.10 bits per heavy atom. The van der Waals surface area contributed by atoms with Gasteiger partial charge < -0.3 is 5.32 Å². The molecule has 7 heteroatoms. The number of amides is 1. The van der Waals surface area contributed by atoms with Crippen LogP contribution >= 0.6 is 11.3 Å². The fourth-order valence-electron chi connectivity index (χ4n) is 3.89. The molecule has 0 bridgehead atoms. The number of rotatable bonds is 5. The van der Waals surface area contributed by atoms with Crippen molar-refractivity contribution in [1.29, 1.82) is 5.26 Å². The number of nitrogens with one attached hydrogen (secondary N) is 1. The van der Waals surface area contributed by atoms with Crippen LogP contribution in [0.15, 0.2) is 36.4 Å². The van der Waals surface area contributed by atoms with Crippen molar-refractivity contribution in [2.24, 2.45) is 0 Å². The van der Waals surface area contributed by atoms with Crippen molar-refractivity contribution < 1.29 is 4.79 Å². The lowest BCUT2D eigenvalue weighted by molar-refractivity contribution is 0.101. The number of carbonyl (C=O) groups excluding carboxylic acids is 1. The first-order valence-corrected chi connectivity index (χ1v) is 11.0. The van der Waals surface area contributed by atoms with E-state index in [-0.39, 0.29) is 11.9 Å². The number of aryl methyl sites for hydroxylation is 1. The molecule has 0 unspecified atom stereocenters. The van der Waals surface area contributed by atoms with E-state index < -0.39 is 0 Å². The third kappa shape index (κ3) is 4.02. The van der Waals surface area contributed by atoms with Crippen LogP contribution in [0, 0.1) is 18.3 Å². The van der Waals surface area contributed by atoms with E-state index in [4.69, 9.17) is 0 Å². The third-order valence-corrected chi connectivity index (χ3v) is 6.44. The summed E-state index contributed by atoms with van der Waals surface area (Å²) in [6.45, 7) is 8.45. The zero-order valence-corrected chi connectivity index (χ0v) is 18.3. The van der Waals surface area contributed by atoms with E-state index in [1.54, 1.807) is 10.7 Å². The van der Waals surface area contributed by atoms with Gasteiger partial charge in [-0.2, -0.15) is 10.4 Å². The maximum absolute atomic E-state index is 13.0. The maximum Gasteiger partial charge on any atom is 0.274 e. The summed E-state index contributed by atoms with van der Waals surface area (Å²) in [6.07, 6.45) is 0.820. The summed E-state index contributed by atoms with van der Waals surface area (Å²) in [6, 6.07) is 14.6. The van der Waals surface area contributed by atoms with Crippen LogP contribution in [0.2, 0.25) is 0 Å². The molecule has 2 aromatic heterocycles. The first kappa shape index (κ1) is 20.3. The number of fused-ring (bicyclic) bond motifs is 1. The zero-order chi connectivity index (χ0) is 21.3. The topological polar surface area (TPSA) is 74.0 Å². The molecule has 1 aromatic carbocycles. The number of nitrogens with zero attached hydrogens (tertiary/aromatic N) is 4. The molecular formula is C23H25N5OS. The number of hydrogen-bond donors (Lipinski definition) is 1. The van der Waals surface area contributed by atoms with Gasteiger partial charge >= 0.3 is 0 Å². The standard InChI is InChI=1S/C23H25N5OS/c1-15(2)28-20(11-16(3)26-28)22(29)25-23-19(12-24)18-9-10-27(14-21(18)30-23)13-17-7-5-4-6-8-17/h4-8,11,15H,9-10,13-14H2,1-3H3,(H,25,29).